The minimum Gasteiger partial charge on any atom is -0.356 e. The first-order chi connectivity index (χ1) is 15.0. The van der Waals surface area contributed by atoms with Crippen molar-refractivity contribution in [1.29, 1.82) is 0 Å². The van der Waals surface area contributed by atoms with Gasteiger partial charge in [-0.2, -0.15) is 0 Å². The Morgan fingerprint density at radius 3 is 2.42 bits per heavy atom. The predicted octanol–water partition coefficient (Wildman–Crippen LogP) is 3.07. The Morgan fingerprint density at radius 2 is 1.77 bits per heavy atom. The van der Waals surface area contributed by atoms with Gasteiger partial charge in [-0.25, -0.2) is 8.42 Å². The van der Waals surface area contributed by atoms with E-state index < -0.39 is 9.84 Å². The van der Waals surface area contributed by atoms with E-state index in [9.17, 15) is 8.42 Å². The number of aliphatic imine (C=N–C) groups is 1. The van der Waals surface area contributed by atoms with E-state index in [0.717, 1.165) is 31.9 Å². The first kappa shape index (κ1) is 23.3. The van der Waals surface area contributed by atoms with Gasteiger partial charge in [-0.1, -0.05) is 48.5 Å². The minimum atomic E-state index is -3.24. The summed E-state index contributed by atoms with van der Waals surface area (Å²) in [5, 5.41) is 6.78. The Labute approximate surface area is 186 Å². The summed E-state index contributed by atoms with van der Waals surface area (Å²) in [5.74, 6) is 0.862. The van der Waals surface area contributed by atoms with E-state index in [2.05, 4.69) is 57.8 Å². The summed E-state index contributed by atoms with van der Waals surface area (Å²) < 4.78 is 24.8. The van der Waals surface area contributed by atoms with Crippen LogP contribution < -0.4 is 10.6 Å². The summed E-state index contributed by atoms with van der Waals surface area (Å²) in [4.78, 5) is 7.23. The third-order valence-corrected chi connectivity index (χ3v) is 7.61. The third-order valence-electron chi connectivity index (χ3n) is 5.79. The average Bonchev–Trinajstić information content (AvgIpc) is 2.79. The second kappa shape index (κ2) is 11.3. The maximum Gasteiger partial charge on any atom is 0.191 e. The number of likely N-dealkylation sites (tertiary alicyclic amines) is 1. The maximum atomic E-state index is 12.4. The van der Waals surface area contributed by atoms with Crippen LogP contribution >= 0.6 is 0 Å². The highest BCUT2D eigenvalue weighted by Crippen LogP contribution is 2.20. The van der Waals surface area contributed by atoms with E-state index >= 15 is 0 Å². The Kier molecular flexibility index (Phi) is 8.49. The fourth-order valence-electron chi connectivity index (χ4n) is 4.01. The molecule has 0 bridgehead atoms. The van der Waals surface area contributed by atoms with Gasteiger partial charge in [0.05, 0.1) is 10.6 Å². The smallest absolute Gasteiger partial charge is 0.191 e. The largest absolute Gasteiger partial charge is 0.356 e. The molecule has 1 saturated heterocycles. The van der Waals surface area contributed by atoms with Crippen molar-refractivity contribution in [2.24, 2.45) is 4.99 Å². The molecule has 0 aliphatic carbocycles. The fraction of sp³-hybridized carbons (Fsp3) is 0.458. The van der Waals surface area contributed by atoms with Gasteiger partial charge in [-0.3, -0.25) is 9.89 Å². The first-order valence-corrected chi connectivity index (χ1v) is 12.7. The zero-order valence-corrected chi connectivity index (χ0v) is 19.3. The minimum absolute atomic E-state index is 0.121. The molecule has 31 heavy (non-hydrogen) atoms. The molecule has 168 valence electrons. The highest BCUT2D eigenvalue weighted by molar-refractivity contribution is 7.91. The zero-order valence-electron chi connectivity index (χ0n) is 18.5. The van der Waals surface area contributed by atoms with E-state index in [1.807, 2.05) is 6.07 Å². The van der Waals surface area contributed by atoms with Gasteiger partial charge in [-0.15, -0.1) is 0 Å². The van der Waals surface area contributed by atoms with Crippen molar-refractivity contribution in [1.82, 2.24) is 15.5 Å². The fourth-order valence-corrected chi connectivity index (χ4v) is 5.34. The molecule has 1 heterocycles. The Balaban J connectivity index is 1.40. The molecule has 0 aromatic heterocycles. The molecule has 7 heteroatoms. The molecule has 6 nitrogen and oxygen atoms in total. The lowest BCUT2D eigenvalue weighted by molar-refractivity contribution is 0.134. The lowest BCUT2D eigenvalue weighted by Gasteiger charge is -2.38. The van der Waals surface area contributed by atoms with Crippen molar-refractivity contribution in [3.63, 3.8) is 0 Å². The van der Waals surface area contributed by atoms with E-state index in [1.54, 1.807) is 31.3 Å². The number of guanidine groups is 1. The van der Waals surface area contributed by atoms with Gasteiger partial charge in [0, 0.05) is 38.8 Å². The molecule has 0 spiro atoms. The topological polar surface area (TPSA) is 73.8 Å². The molecule has 2 aromatic carbocycles. The molecule has 1 fully saturated rings. The number of benzene rings is 2. The molecule has 2 aromatic rings. The molecule has 2 atom stereocenters. The number of piperidine rings is 1. The van der Waals surface area contributed by atoms with E-state index in [4.69, 9.17) is 0 Å². The number of nitrogens with zero attached hydrogens (tertiary/aromatic N) is 2. The number of hydrogen-bond acceptors (Lipinski definition) is 4. The van der Waals surface area contributed by atoms with Crippen molar-refractivity contribution < 1.29 is 8.42 Å². The molecule has 0 radical (unpaired) electrons. The van der Waals surface area contributed by atoms with Crippen LogP contribution in [0.15, 0.2) is 70.6 Å². The van der Waals surface area contributed by atoms with Crippen LogP contribution in [0, 0.1) is 0 Å². The summed E-state index contributed by atoms with van der Waals surface area (Å²) in [7, 11) is -1.48. The van der Waals surface area contributed by atoms with Crippen molar-refractivity contribution >= 4 is 15.8 Å². The second-order valence-electron chi connectivity index (χ2n) is 8.16. The highest BCUT2D eigenvalue weighted by Gasteiger charge is 2.26. The number of rotatable bonds is 8. The summed E-state index contributed by atoms with van der Waals surface area (Å²) in [6, 6.07) is 20.1. The van der Waals surface area contributed by atoms with E-state index in [1.165, 1.54) is 5.56 Å². The molecule has 2 N–H and O–H groups in total. The maximum absolute atomic E-state index is 12.4. The Hall–Kier alpha value is -2.38. The SMILES string of the molecule is CN=C(NCCCS(=O)(=O)c1ccccc1)NC1CCN(Cc2ccccc2)C(C)C1. The van der Waals surface area contributed by atoms with Gasteiger partial charge in [0.1, 0.15) is 0 Å². The second-order valence-corrected chi connectivity index (χ2v) is 10.3. The first-order valence-electron chi connectivity index (χ1n) is 11.0. The zero-order chi connectivity index (χ0) is 22.1. The summed E-state index contributed by atoms with van der Waals surface area (Å²) in [6.45, 7) is 4.87. The van der Waals surface area contributed by atoms with Gasteiger partial charge < -0.3 is 10.6 Å². The van der Waals surface area contributed by atoms with Crippen LogP contribution in [-0.4, -0.2) is 57.3 Å². The van der Waals surface area contributed by atoms with Crippen molar-refractivity contribution in [3.8, 4) is 0 Å². The monoisotopic (exact) mass is 442 g/mol. The molecule has 1 aliphatic heterocycles. The molecule has 0 amide bonds. The van der Waals surface area contributed by atoms with Gasteiger partial charge >= 0.3 is 0 Å². The lowest BCUT2D eigenvalue weighted by Crippen LogP contribution is -2.51. The average molecular weight is 443 g/mol. The van der Waals surface area contributed by atoms with Crippen LogP contribution in [0.25, 0.3) is 0 Å². The summed E-state index contributed by atoms with van der Waals surface area (Å²) >= 11 is 0. The predicted molar refractivity (Wildman–Crippen MR) is 127 cm³/mol. The molecule has 3 rings (SSSR count). The number of hydrogen-bond donors (Lipinski definition) is 2. The van der Waals surface area contributed by atoms with Crippen LogP contribution in [0.3, 0.4) is 0 Å². The standard InChI is InChI=1S/C24H34N4O2S/c1-20-18-22(14-16-28(20)19-21-10-5-3-6-11-21)27-24(25-2)26-15-9-17-31(29,30)23-12-7-4-8-13-23/h3-8,10-13,20,22H,9,14-19H2,1-2H3,(H2,25,26,27). The number of sulfone groups is 1. The van der Waals surface area contributed by atoms with Crippen molar-refractivity contribution in [2.75, 3.05) is 25.9 Å². The molecule has 1 aliphatic rings. The third kappa shape index (κ3) is 7.08. The van der Waals surface area contributed by atoms with Gasteiger partial charge in [0.2, 0.25) is 0 Å². The van der Waals surface area contributed by atoms with E-state index in [0.29, 0.717) is 29.9 Å². The van der Waals surface area contributed by atoms with Crippen LogP contribution in [0.2, 0.25) is 0 Å². The summed E-state index contributed by atoms with van der Waals surface area (Å²) in [6.07, 6.45) is 2.64. The van der Waals surface area contributed by atoms with Crippen molar-refractivity contribution in [2.45, 2.75) is 49.7 Å². The van der Waals surface area contributed by atoms with Gasteiger partial charge in [0.25, 0.3) is 0 Å². The molecule has 2 unspecified atom stereocenters. The quantitative estimate of drug-likeness (QED) is 0.373. The highest BCUT2D eigenvalue weighted by atomic mass is 32.2. The van der Waals surface area contributed by atoms with Gasteiger partial charge in [0.15, 0.2) is 15.8 Å². The Morgan fingerprint density at radius 1 is 1.10 bits per heavy atom. The lowest BCUT2D eigenvalue weighted by atomic mass is 9.97. The number of nitrogens with one attached hydrogen (secondary N) is 2. The molecule has 0 saturated carbocycles. The molecular weight excluding hydrogens is 408 g/mol. The van der Waals surface area contributed by atoms with Crippen LogP contribution in [0.5, 0.6) is 0 Å². The molecular formula is C24H34N4O2S. The van der Waals surface area contributed by atoms with Crippen molar-refractivity contribution in [3.05, 3.63) is 66.2 Å². The van der Waals surface area contributed by atoms with Gasteiger partial charge in [-0.05, 0) is 43.9 Å². The summed E-state index contributed by atoms with van der Waals surface area (Å²) in [5.41, 5.74) is 1.35. The van der Waals surface area contributed by atoms with Crippen LogP contribution in [-0.2, 0) is 16.4 Å². The van der Waals surface area contributed by atoms with E-state index in [-0.39, 0.29) is 5.75 Å². The van der Waals surface area contributed by atoms with Crippen LogP contribution in [0.4, 0.5) is 0 Å². The van der Waals surface area contributed by atoms with Crippen LogP contribution in [0.1, 0.15) is 31.7 Å². The Bertz CT molecular complexity index is 933. The normalized spacial score (nSPS) is 20.4.